The second kappa shape index (κ2) is 12.4. The van der Waals surface area contributed by atoms with Crippen LogP contribution >= 0.6 is 0 Å². The fourth-order valence-corrected chi connectivity index (χ4v) is 2.38. The van der Waals surface area contributed by atoms with Gasteiger partial charge in [0.2, 0.25) is 5.96 Å². The number of carbonyl (C=O) groups is 2. The molecule has 10 nitrogen and oxygen atoms in total. The number of amides is 2. The molecule has 10 heteroatoms. The second-order valence-corrected chi connectivity index (χ2v) is 6.51. The van der Waals surface area contributed by atoms with Crippen LogP contribution < -0.4 is 21.3 Å². The molecule has 1 unspecified atom stereocenters. The predicted molar refractivity (Wildman–Crippen MR) is 101 cm³/mol. The van der Waals surface area contributed by atoms with Crippen LogP contribution in [0.1, 0.15) is 39.5 Å². The Morgan fingerprint density at radius 2 is 1.96 bits per heavy atom. The number of carbonyl (C=O) groups excluding carboxylic acids is 2. The van der Waals surface area contributed by atoms with Crippen LogP contribution in [0.5, 0.6) is 0 Å². The Morgan fingerprint density at radius 3 is 2.63 bits per heavy atom. The van der Waals surface area contributed by atoms with Crippen molar-refractivity contribution in [3.8, 4) is 0 Å². The number of nitrogens with one attached hydrogen (secondary N) is 4. The molecule has 3 atom stereocenters. The Hall–Kier alpha value is -2.01. The minimum Gasteiger partial charge on any atom is -0.393 e. The van der Waals surface area contributed by atoms with Gasteiger partial charge >= 0.3 is 6.03 Å². The van der Waals surface area contributed by atoms with Crippen LogP contribution in [0, 0.1) is 0 Å². The number of Topliss-reactive ketones (excluding diaryl/α,β-unsaturated/α-hetero) is 1. The van der Waals surface area contributed by atoms with Gasteiger partial charge in [0.25, 0.3) is 0 Å². The number of aliphatic hydroxyl groups is 3. The number of rotatable bonds is 11. The number of aliphatic imine (C=N–C) groups is 1. The third kappa shape index (κ3) is 10.7. The maximum absolute atomic E-state index is 11.7. The van der Waals surface area contributed by atoms with Gasteiger partial charge in [0, 0.05) is 18.7 Å². The number of hydrogen-bond acceptors (Lipinski definition) is 8. The van der Waals surface area contributed by atoms with E-state index in [4.69, 9.17) is 0 Å². The highest BCUT2D eigenvalue weighted by Gasteiger charge is 2.15. The van der Waals surface area contributed by atoms with Crippen molar-refractivity contribution in [2.24, 2.45) is 4.99 Å². The van der Waals surface area contributed by atoms with E-state index in [1.807, 2.05) is 0 Å². The van der Waals surface area contributed by atoms with Gasteiger partial charge in [-0.25, -0.2) is 9.79 Å². The van der Waals surface area contributed by atoms with Gasteiger partial charge in [-0.05, 0) is 52.3 Å². The summed E-state index contributed by atoms with van der Waals surface area (Å²) < 4.78 is 0. The predicted octanol–water partition coefficient (Wildman–Crippen LogP) is -1.07. The van der Waals surface area contributed by atoms with Gasteiger partial charge in [-0.3, -0.25) is 10.1 Å². The van der Waals surface area contributed by atoms with Gasteiger partial charge in [-0.2, -0.15) is 0 Å². The highest BCUT2D eigenvalue weighted by Crippen LogP contribution is 2.03. The first-order valence-electron chi connectivity index (χ1n) is 9.11. The lowest BCUT2D eigenvalue weighted by Crippen LogP contribution is -2.47. The van der Waals surface area contributed by atoms with Crippen molar-refractivity contribution >= 4 is 17.8 Å². The van der Waals surface area contributed by atoms with Crippen molar-refractivity contribution in [1.82, 2.24) is 21.3 Å². The summed E-state index contributed by atoms with van der Waals surface area (Å²) in [6.45, 7) is 4.86. The van der Waals surface area contributed by atoms with Crippen LogP contribution in [0.4, 0.5) is 4.79 Å². The average molecular weight is 385 g/mol. The summed E-state index contributed by atoms with van der Waals surface area (Å²) in [6.07, 6.45) is 0.880. The molecule has 0 spiro atoms. The molecule has 0 saturated carbocycles. The van der Waals surface area contributed by atoms with E-state index in [9.17, 15) is 24.9 Å². The van der Waals surface area contributed by atoms with Crippen LogP contribution in [0.15, 0.2) is 16.8 Å². The number of unbranched alkanes of at least 4 members (excludes halogenated alkanes) is 1. The first-order valence-corrected chi connectivity index (χ1v) is 9.11. The normalized spacial score (nSPS) is 18.6. The van der Waals surface area contributed by atoms with E-state index < -0.39 is 24.5 Å². The van der Waals surface area contributed by atoms with Crippen LogP contribution in [0.3, 0.4) is 0 Å². The van der Waals surface area contributed by atoms with Crippen molar-refractivity contribution in [3.63, 3.8) is 0 Å². The first-order chi connectivity index (χ1) is 12.8. The Balaban J connectivity index is 2.00. The smallest absolute Gasteiger partial charge is 0.321 e. The van der Waals surface area contributed by atoms with Crippen LogP contribution in [0.2, 0.25) is 0 Å². The lowest BCUT2D eigenvalue weighted by atomic mass is 10.1. The minimum atomic E-state index is -1.10. The van der Waals surface area contributed by atoms with Crippen LogP contribution in [-0.4, -0.2) is 71.2 Å². The van der Waals surface area contributed by atoms with Gasteiger partial charge in [-0.15, -0.1) is 0 Å². The molecule has 1 rings (SSSR count). The topological polar surface area (TPSA) is 155 Å². The van der Waals surface area contributed by atoms with Crippen molar-refractivity contribution in [2.45, 2.75) is 58.0 Å². The highest BCUT2D eigenvalue weighted by molar-refractivity contribution is 5.97. The summed E-state index contributed by atoms with van der Waals surface area (Å²) in [4.78, 5) is 26.5. The Bertz CT molecular complexity index is 552. The van der Waals surface area contributed by atoms with Crippen molar-refractivity contribution in [1.29, 1.82) is 0 Å². The number of guanidine groups is 1. The Morgan fingerprint density at radius 1 is 1.26 bits per heavy atom. The molecule has 0 aromatic carbocycles. The standard InChI is InChI=1S/C17H31N5O5/c1-11-9-15(26)21-16(20-11)22-17(27)19-7-4-3-6-18-8-5-13(24)10-14(25)12(2)23/h9,13-15,18,24-26H,3-8,10H2,1-2H3,(H3,19,20,21,22,27)/t13-,14+,15?/m1/s1. The molecule has 2 amide bonds. The molecule has 27 heavy (non-hydrogen) atoms. The number of nitrogens with zero attached hydrogens (tertiary/aromatic N) is 1. The lowest BCUT2D eigenvalue weighted by Gasteiger charge is -2.17. The molecule has 0 bridgehead atoms. The summed E-state index contributed by atoms with van der Waals surface area (Å²) >= 11 is 0. The van der Waals surface area contributed by atoms with Gasteiger partial charge in [-0.1, -0.05) is 0 Å². The molecule has 0 saturated heterocycles. The van der Waals surface area contributed by atoms with Crippen molar-refractivity contribution in [2.75, 3.05) is 19.6 Å². The Labute approximate surface area is 159 Å². The molecule has 0 radical (unpaired) electrons. The zero-order chi connectivity index (χ0) is 20.2. The number of aliphatic hydroxyl groups excluding tert-OH is 3. The first kappa shape index (κ1) is 23.0. The van der Waals surface area contributed by atoms with Gasteiger partial charge in [0.05, 0.1) is 6.10 Å². The molecule has 0 aromatic rings. The maximum Gasteiger partial charge on any atom is 0.321 e. The zero-order valence-electron chi connectivity index (χ0n) is 15.9. The number of urea groups is 1. The summed E-state index contributed by atoms with van der Waals surface area (Å²) in [5, 5.41) is 39.8. The summed E-state index contributed by atoms with van der Waals surface area (Å²) in [5.41, 5.74) is 0.708. The van der Waals surface area contributed by atoms with Gasteiger partial charge < -0.3 is 31.3 Å². The fraction of sp³-hybridized carbons (Fsp3) is 0.706. The highest BCUT2D eigenvalue weighted by atomic mass is 16.3. The quantitative estimate of drug-likeness (QED) is 0.223. The van der Waals surface area contributed by atoms with E-state index in [-0.39, 0.29) is 18.2 Å². The molecular formula is C17H31N5O5. The van der Waals surface area contributed by atoms with Crippen molar-refractivity contribution in [3.05, 3.63) is 11.8 Å². The molecule has 1 aliphatic rings. The summed E-state index contributed by atoms with van der Waals surface area (Å²) in [6, 6.07) is -0.400. The molecule has 154 valence electrons. The summed E-state index contributed by atoms with van der Waals surface area (Å²) in [7, 11) is 0. The number of ketones is 1. The number of hydrogen-bond donors (Lipinski definition) is 7. The van der Waals surface area contributed by atoms with Crippen LogP contribution in [0.25, 0.3) is 0 Å². The van der Waals surface area contributed by atoms with E-state index in [1.165, 1.54) is 13.0 Å². The second-order valence-electron chi connectivity index (χ2n) is 6.51. The van der Waals surface area contributed by atoms with Crippen LogP contribution in [-0.2, 0) is 4.79 Å². The molecule has 1 aliphatic heterocycles. The minimum absolute atomic E-state index is 0.0581. The third-order valence-corrected chi connectivity index (χ3v) is 3.89. The largest absolute Gasteiger partial charge is 0.393 e. The Kier molecular flexibility index (Phi) is 10.6. The van der Waals surface area contributed by atoms with Gasteiger partial charge in [0.1, 0.15) is 6.10 Å². The summed E-state index contributed by atoms with van der Waals surface area (Å²) in [5.74, 6) is -0.136. The van der Waals surface area contributed by atoms with E-state index in [0.717, 1.165) is 19.4 Å². The monoisotopic (exact) mass is 385 g/mol. The fourth-order valence-electron chi connectivity index (χ4n) is 2.38. The SMILES string of the molecule is CC(=O)[C@@H](O)C[C@H](O)CCNCCCCNC(=O)NC1=NC(O)C=C(C)N1. The van der Waals surface area contributed by atoms with Gasteiger partial charge in [0.15, 0.2) is 12.0 Å². The van der Waals surface area contributed by atoms with E-state index >= 15 is 0 Å². The maximum atomic E-state index is 11.7. The third-order valence-electron chi connectivity index (χ3n) is 3.89. The number of allylic oxidation sites excluding steroid dienone is 1. The van der Waals surface area contributed by atoms with E-state index in [2.05, 4.69) is 26.3 Å². The molecular weight excluding hydrogens is 354 g/mol. The molecule has 0 aromatic heterocycles. The molecule has 1 heterocycles. The molecule has 7 N–H and O–H groups in total. The van der Waals surface area contributed by atoms with Crippen molar-refractivity contribution < 1.29 is 24.9 Å². The zero-order valence-corrected chi connectivity index (χ0v) is 15.9. The average Bonchev–Trinajstić information content (AvgIpc) is 2.56. The lowest BCUT2D eigenvalue weighted by molar-refractivity contribution is -0.126. The van der Waals surface area contributed by atoms with E-state index in [1.54, 1.807) is 6.92 Å². The van der Waals surface area contributed by atoms with E-state index in [0.29, 0.717) is 25.2 Å². The molecule has 0 aliphatic carbocycles. The molecule has 0 fully saturated rings.